The van der Waals surface area contributed by atoms with E-state index in [2.05, 4.69) is 0 Å². The summed E-state index contributed by atoms with van der Waals surface area (Å²) >= 11 is 0. The number of ether oxygens (including phenoxy) is 3. The van der Waals surface area contributed by atoms with Gasteiger partial charge in [-0.15, -0.1) is 0 Å². The summed E-state index contributed by atoms with van der Waals surface area (Å²) in [5, 5.41) is 0. The number of nitrogens with zero attached hydrogens (tertiary/aromatic N) is 1. The largest absolute Gasteiger partial charge is 0.497 e. The molecule has 134 valence electrons. The number of carbonyl (C=O) groups excluding carboxylic acids is 2. The second-order valence-electron chi connectivity index (χ2n) is 5.46. The SMILES string of the molecule is CCOCCCN(CC(C)C(=O)OC)C(=O)c1cccc(OC)c1. The van der Waals surface area contributed by atoms with Crippen molar-refractivity contribution in [3.8, 4) is 5.75 Å². The van der Waals surface area contributed by atoms with Crippen LogP contribution in [0.15, 0.2) is 24.3 Å². The third-order valence-electron chi connectivity index (χ3n) is 3.62. The molecule has 1 aromatic rings. The molecule has 1 atom stereocenters. The first-order valence-corrected chi connectivity index (χ1v) is 8.12. The maximum absolute atomic E-state index is 12.8. The minimum absolute atomic E-state index is 0.138. The molecule has 0 fully saturated rings. The summed E-state index contributed by atoms with van der Waals surface area (Å²) in [6.07, 6.45) is 0.706. The molecule has 0 radical (unpaired) electrons. The second-order valence-corrected chi connectivity index (χ2v) is 5.46. The van der Waals surface area contributed by atoms with Crippen LogP contribution in [0.2, 0.25) is 0 Å². The quantitative estimate of drug-likeness (QED) is 0.484. The van der Waals surface area contributed by atoms with Crippen molar-refractivity contribution in [3.05, 3.63) is 29.8 Å². The van der Waals surface area contributed by atoms with Gasteiger partial charge in [0, 0.05) is 31.9 Å². The number of hydrogen-bond donors (Lipinski definition) is 0. The summed E-state index contributed by atoms with van der Waals surface area (Å²) in [5.41, 5.74) is 0.530. The predicted molar refractivity (Wildman–Crippen MR) is 91.2 cm³/mol. The van der Waals surface area contributed by atoms with Gasteiger partial charge < -0.3 is 19.1 Å². The van der Waals surface area contributed by atoms with Crippen LogP contribution in [0.4, 0.5) is 0 Å². The molecule has 0 aliphatic carbocycles. The Bertz CT molecular complexity index is 532. The molecule has 0 aromatic heterocycles. The van der Waals surface area contributed by atoms with E-state index in [0.717, 1.165) is 0 Å². The Morgan fingerprint density at radius 2 is 2.00 bits per heavy atom. The number of carbonyl (C=O) groups is 2. The van der Waals surface area contributed by atoms with Gasteiger partial charge in [0.05, 0.1) is 20.1 Å². The molecular formula is C18H27NO5. The summed E-state index contributed by atoms with van der Waals surface area (Å²) in [5.74, 6) is -0.239. The molecule has 0 bridgehead atoms. The molecular weight excluding hydrogens is 310 g/mol. The van der Waals surface area contributed by atoms with Crippen molar-refractivity contribution >= 4 is 11.9 Å². The molecule has 1 unspecified atom stereocenters. The van der Waals surface area contributed by atoms with Crippen molar-refractivity contribution in [1.82, 2.24) is 4.90 Å². The first-order valence-electron chi connectivity index (χ1n) is 8.12. The van der Waals surface area contributed by atoms with E-state index >= 15 is 0 Å². The van der Waals surface area contributed by atoms with Crippen LogP contribution in [0.5, 0.6) is 5.75 Å². The Hall–Kier alpha value is -2.08. The molecule has 1 rings (SSSR count). The summed E-state index contributed by atoms with van der Waals surface area (Å²) in [6.45, 7) is 5.71. The molecule has 1 amide bonds. The van der Waals surface area contributed by atoms with E-state index < -0.39 is 5.92 Å². The lowest BCUT2D eigenvalue weighted by atomic mass is 10.1. The van der Waals surface area contributed by atoms with Gasteiger partial charge in [0.2, 0.25) is 0 Å². The Balaban J connectivity index is 2.84. The van der Waals surface area contributed by atoms with Crippen molar-refractivity contribution < 1.29 is 23.8 Å². The van der Waals surface area contributed by atoms with E-state index in [1.54, 1.807) is 43.2 Å². The van der Waals surface area contributed by atoms with E-state index in [0.29, 0.717) is 44.0 Å². The number of amides is 1. The van der Waals surface area contributed by atoms with E-state index in [4.69, 9.17) is 14.2 Å². The molecule has 6 heteroatoms. The van der Waals surface area contributed by atoms with Crippen LogP contribution in [0.1, 0.15) is 30.6 Å². The van der Waals surface area contributed by atoms with E-state index in [1.807, 2.05) is 6.92 Å². The van der Waals surface area contributed by atoms with Crippen molar-refractivity contribution in [2.24, 2.45) is 5.92 Å². The molecule has 24 heavy (non-hydrogen) atoms. The normalized spacial score (nSPS) is 11.7. The average Bonchev–Trinajstić information content (AvgIpc) is 2.62. The van der Waals surface area contributed by atoms with E-state index in [1.165, 1.54) is 7.11 Å². The predicted octanol–water partition coefficient (Wildman–Crippen LogP) is 2.37. The van der Waals surface area contributed by atoms with Gasteiger partial charge in [-0.3, -0.25) is 9.59 Å². The zero-order valence-corrected chi connectivity index (χ0v) is 14.9. The topological polar surface area (TPSA) is 65.1 Å². The molecule has 0 spiro atoms. The molecule has 0 saturated heterocycles. The van der Waals surface area contributed by atoms with Gasteiger partial charge in [-0.2, -0.15) is 0 Å². The van der Waals surface area contributed by atoms with Crippen LogP contribution in [0.3, 0.4) is 0 Å². The van der Waals surface area contributed by atoms with Crippen LogP contribution in [0.25, 0.3) is 0 Å². The molecule has 0 N–H and O–H groups in total. The van der Waals surface area contributed by atoms with Crippen LogP contribution in [-0.4, -0.2) is 57.3 Å². The zero-order chi connectivity index (χ0) is 17.9. The van der Waals surface area contributed by atoms with Crippen molar-refractivity contribution in [3.63, 3.8) is 0 Å². The Morgan fingerprint density at radius 3 is 2.62 bits per heavy atom. The third-order valence-corrected chi connectivity index (χ3v) is 3.62. The van der Waals surface area contributed by atoms with Gasteiger partial charge >= 0.3 is 5.97 Å². The van der Waals surface area contributed by atoms with Gasteiger partial charge in [-0.05, 0) is 31.5 Å². The number of methoxy groups -OCH3 is 2. The number of esters is 1. The summed E-state index contributed by atoms with van der Waals surface area (Å²) in [4.78, 5) is 26.1. The van der Waals surface area contributed by atoms with Crippen LogP contribution in [0, 0.1) is 5.92 Å². The van der Waals surface area contributed by atoms with Crippen molar-refractivity contribution in [2.75, 3.05) is 40.5 Å². The minimum atomic E-state index is -0.392. The van der Waals surface area contributed by atoms with Crippen molar-refractivity contribution in [2.45, 2.75) is 20.3 Å². The Kier molecular flexibility index (Phi) is 8.86. The Labute approximate surface area is 143 Å². The standard InChI is InChI=1S/C18H27NO5/c1-5-24-11-7-10-19(13-14(2)18(21)23-4)17(20)15-8-6-9-16(12-15)22-3/h6,8-9,12,14H,5,7,10-11,13H2,1-4H3. The zero-order valence-electron chi connectivity index (χ0n) is 14.9. The molecule has 0 aliphatic rings. The molecule has 0 aliphatic heterocycles. The van der Waals surface area contributed by atoms with E-state index in [-0.39, 0.29) is 11.9 Å². The second kappa shape index (κ2) is 10.6. The average molecular weight is 337 g/mol. The lowest BCUT2D eigenvalue weighted by molar-refractivity contribution is -0.145. The van der Waals surface area contributed by atoms with Crippen LogP contribution >= 0.6 is 0 Å². The lowest BCUT2D eigenvalue weighted by Crippen LogP contribution is -2.38. The highest BCUT2D eigenvalue weighted by atomic mass is 16.5. The fourth-order valence-corrected chi connectivity index (χ4v) is 2.32. The van der Waals surface area contributed by atoms with Gasteiger partial charge in [-0.1, -0.05) is 13.0 Å². The van der Waals surface area contributed by atoms with Gasteiger partial charge in [0.25, 0.3) is 5.91 Å². The number of benzene rings is 1. The van der Waals surface area contributed by atoms with Crippen LogP contribution < -0.4 is 4.74 Å². The maximum atomic E-state index is 12.8. The van der Waals surface area contributed by atoms with Gasteiger partial charge in [-0.25, -0.2) is 0 Å². The maximum Gasteiger partial charge on any atom is 0.310 e. The first kappa shape index (κ1) is 20.0. The van der Waals surface area contributed by atoms with Gasteiger partial charge in [0.15, 0.2) is 0 Å². The monoisotopic (exact) mass is 337 g/mol. The molecule has 6 nitrogen and oxygen atoms in total. The summed E-state index contributed by atoms with van der Waals surface area (Å²) in [7, 11) is 2.91. The lowest BCUT2D eigenvalue weighted by Gasteiger charge is -2.25. The molecule has 0 saturated carbocycles. The highest BCUT2D eigenvalue weighted by Gasteiger charge is 2.22. The fraction of sp³-hybridized carbons (Fsp3) is 0.556. The molecule has 1 aromatic carbocycles. The van der Waals surface area contributed by atoms with Crippen LogP contribution in [-0.2, 0) is 14.3 Å². The summed E-state index contributed by atoms with van der Waals surface area (Å²) < 4.78 is 15.3. The number of hydrogen-bond acceptors (Lipinski definition) is 5. The highest BCUT2D eigenvalue weighted by molar-refractivity contribution is 5.94. The van der Waals surface area contributed by atoms with Gasteiger partial charge in [0.1, 0.15) is 5.75 Å². The van der Waals surface area contributed by atoms with Crippen molar-refractivity contribution in [1.29, 1.82) is 0 Å². The Morgan fingerprint density at radius 1 is 1.25 bits per heavy atom. The molecule has 0 heterocycles. The fourth-order valence-electron chi connectivity index (χ4n) is 2.32. The van der Waals surface area contributed by atoms with E-state index in [9.17, 15) is 9.59 Å². The number of rotatable bonds is 10. The smallest absolute Gasteiger partial charge is 0.310 e. The minimum Gasteiger partial charge on any atom is -0.497 e. The first-order chi connectivity index (χ1) is 11.5. The highest BCUT2D eigenvalue weighted by Crippen LogP contribution is 2.16. The summed E-state index contributed by atoms with van der Waals surface area (Å²) in [6, 6.07) is 6.99. The third kappa shape index (κ3) is 6.20.